The second kappa shape index (κ2) is 7.04. The maximum atomic E-state index is 12.4. The van der Waals surface area contributed by atoms with Crippen molar-refractivity contribution in [2.75, 3.05) is 20.1 Å². The SMILES string of the molecule is CC(C)c1nc(CN(C)C2CCN(C(=O)c3cnccn3)C2)no1. The number of amides is 1. The van der Waals surface area contributed by atoms with Gasteiger partial charge in [-0.15, -0.1) is 0 Å². The van der Waals surface area contributed by atoms with Gasteiger partial charge in [-0.2, -0.15) is 4.98 Å². The standard InChI is InChI=1S/C16H22N6O2/c1-11(2)15-19-14(20-24-15)10-21(3)12-4-7-22(9-12)16(23)13-8-17-5-6-18-13/h5-6,8,11-12H,4,7,9-10H2,1-3H3. The smallest absolute Gasteiger partial charge is 0.274 e. The molecule has 0 spiro atoms. The zero-order valence-electron chi connectivity index (χ0n) is 14.2. The highest BCUT2D eigenvalue weighted by Crippen LogP contribution is 2.18. The number of carbonyl (C=O) groups is 1. The summed E-state index contributed by atoms with van der Waals surface area (Å²) >= 11 is 0. The largest absolute Gasteiger partial charge is 0.339 e. The Hall–Kier alpha value is -2.35. The second-order valence-corrected chi connectivity index (χ2v) is 6.40. The molecule has 1 fully saturated rings. The summed E-state index contributed by atoms with van der Waals surface area (Å²) in [5.41, 5.74) is 0.389. The van der Waals surface area contributed by atoms with Crippen LogP contribution in [0, 0.1) is 0 Å². The molecule has 24 heavy (non-hydrogen) atoms. The van der Waals surface area contributed by atoms with E-state index in [1.54, 1.807) is 6.20 Å². The maximum Gasteiger partial charge on any atom is 0.274 e. The summed E-state index contributed by atoms with van der Waals surface area (Å²) in [7, 11) is 2.02. The van der Waals surface area contributed by atoms with Crippen LogP contribution in [0.4, 0.5) is 0 Å². The molecule has 8 nitrogen and oxygen atoms in total. The molecule has 8 heteroatoms. The minimum Gasteiger partial charge on any atom is -0.339 e. The minimum absolute atomic E-state index is 0.0688. The Balaban J connectivity index is 1.57. The number of carbonyl (C=O) groups excluding carboxylic acids is 1. The Morgan fingerprint density at radius 1 is 1.46 bits per heavy atom. The first-order chi connectivity index (χ1) is 11.5. The molecule has 0 N–H and O–H groups in total. The lowest BCUT2D eigenvalue weighted by Crippen LogP contribution is -2.36. The van der Waals surface area contributed by atoms with Gasteiger partial charge in [-0.25, -0.2) is 4.98 Å². The van der Waals surface area contributed by atoms with Crippen LogP contribution in [-0.2, 0) is 6.54 Å². The van der Waals surface area contributed by atoms with Gasteiger partial charge in [0.05, 0.1) is 12.7 Å². The van der Waals surface area contributed by atoms with E-state index in [0.29, 0.717) is 37.0 Å². The van der Waals surface area contributed by atoms with Crippen LogP contribution in [-0.4, -0.2) is 62.0 Å². The average molecular weight is 330 g/mol. The van der Waals surface area contributed by atoms with Crippen molar-refractivity contribution in [2.45, 2.75) is 38.8 Å². The monoisotopic (exact) mass is 330 g/mol. The van der Waals surface area contributed by atoms with Crippen LogP contribution in [0.1, 0.15) is 48.4 Å². The van der Waals surface area contributed by atoms with Crippen molar-refractivity contribution < 1.29 is 9.32 Å². The summed E-state index contributed by atoms with van der Waals surface area (Å²) in [6.07, 6.45) is 5.52. The van der Waals surface area contributed by atoms with E-state index in [4.69, 9.17) is 4.52 Å². The summed E-state index contributed by atoms with van der Waals surface area (Å²) in [5, 5.41) is 4.02. The van der Waals surface area contributed by atoms with Crippen LogP contribution >= 0.6 is 0 Å². The third kappa shape index (κ3) is 3.59. The summed E-state index contributed by atoms with van der Waals surface area (Å²) in [6, 6.07) is 0.270. The van der Waals surface area contributed by atoms with Gasteiger partial charge in [0, 0.05) is 37.4 Å². The fourth-order valence-electron chi connectivity index (χ4n) is 2.78. The highest BCUT2D eigenvalue weighted by molar-refractivity contribution is 5.92. The van der Waals surface area contributed by atoms with E-state index in [2.05, 4.69) is 25.0 Å². The van der Waals surface area contributed by atoms with Crippen molar-refractivity contribution in [3.63, 3.8) is 0 Å². The number of likely N-dealkylation sites (tertiary alicyclic amines) is 1. The van der Waals surface area contributed by atoms with Crippen molar-refractivity contribution in [1.82, 2.24) is 29.9 Å². The van der Waals surface area contributed by atoms with E-state index in [-0.39, 0.29) is 17.9 Å². The van der Waals surface area contributed by atoms with E-state index >= 15 is 0 Å². The molecule has 1 atom stereocenters. The first kappa shape index (κ1) is 16.5. The van der Waals surface area contributed by atoms with Gasteiger partial charge >= 0.3 is 0 Å². The van der Waals surface area contributed by atoms with Gasteiger partial charge in [-0.1, -0.05) is 19.0 Å². The van der Waals surface area contributed by atoms with E-state index in [1.165, 1.54) is 12.4 Å². The molecule has 128 valence electrons. The van der Waals surface area contributed by atoms with Crippen LogP contribution in [0.15, 0.2) is 23.1 Å². The van der Waals surface area contributed by atoms with Gasteiger partial charge in [0.1, 0.15) is 5.69 Å². The van der Waals surface area contributed by atoms with Crippen molar-refractivity contribution >= 4 is 5.91 Å². The quantitative estimate of drug-likeness (QED) is 0.817. The lowest BCUT2D eigenvalue weighted by atomic mass is 10.2. The van der Waals surface area contributed by atoms with Gasteiger partial charge in [0.2, 0.25) is 5.89 Å². The van der Waals surface area contributed by atoms with Crippen LogP contribution in [0.3, 0.4) is 0 Å². The molecule has 1 amide bonds. The highest BCUT2D eigenvalue weighted by atomic mass is 16.5. The number of aromatic nitrogens is 4. The first-order valence-electron chi connectivity index (χ1n) is 8.12. The van der Waals surface area contributed by atoms with Gasteiger partial charge in [0.15, 0.2) is 5.82 Å². The molecule has 1 aliphatic rings. The lowest BCUT2D eigenvalue weighted by Gasteiger charge is -2.23. The molecular weight excluding hydrogens is 308 g/mol. The average Bonchev–Trinajstić information content (AvgIpc) is 3.24. The van der Waals surface area contributed by atoms with Crippen molar-refractivity contribution in [3.05, 3.63) is 36.0 Å². The van der Waals surface area contributed by atoms with E-state index < -0.39 is 0 Å². The molecule has 2 aromatic heterocycles. The van der Waals surface area contributed by atoms with E-state index in [1.807, 2.05) is 25.8 Å². The van der Waals surface area contributed by atoms with Crippen molar-refractivity contribution in [1.29, 1.82) is 0 Å². The normalized spacial score (nSPS) is 17.9. The third-order valence-corrected chi connectivity index (χ3v) is 4.22. The van der Waals surface area contributed by atoms with Crippen LogP contribution in [0.2, 0.25) is 0 Å². The van der Waals surface area contributed by atoms with Crippen molar-refractivity contribution in [2.24, 2.45) is 0 Å². The summed E-state index contributed by atoms with van der Waals surface area (Å²) < 4.78 is 5.24. The number of nitrogens with zero attached hydrogens (tertiary/aromatic N) is 6. The molecule has 3 rings (SSSR count). The van der Waals surface area contributed by atoms with Crippen LogP contribution in [0.5, 0.6) is 0 Å². The number of hydrogen-bond acceptors (Lipinski definition) is 7. The molecule has 1 unspecified atom stereocenters. The maximum absolute atomic E-state index is 12.4. The zero-order chi connectivity index (χ0) is 17.1. The van der Waals surface area contributed by atoms with Gasteiger partial charge in [0.25, 0.3) is 5.91 Å². The Morgan fingerprint density at radius 3 is 2.96 bits per heavy atom. The molecule has 0 aliphatic carbocycles. The molecule has 0 aromatic carbocycles. The first-order valence-corrected chi connectivity index (χ1v) is 8.12. The fourth-order valence-corrected chi connectivity index (χ4v) is 2.78. The summed E-state index contributed by atoms with van der Waals surface area (Å²) in [5.74, 6) is 1.49. The number of likely N-dealkylation sites (N-methyl/N-ethyl adjacent to an activating group) is 1. The molecular formula is C16H22N6O2. The van der Waals surface area contributed by atoms with Gasteiger partial charge < -0.3 is 9.42 Å². The van der Waals surface area contributed by atoms with E-state index in [0.717, 1.165) is 6.42 Å². The van der Waals surface area contributed by atoms with E-state index in [9.17, 15) is 4.79 Å². The lowest BCUT2D eigenvalue weighted by molar-refractivity contribution is 0.0773. The Labute approximate surface area is 140 Å². The summed E-state index contributed by atoms with van der Waals surface area (Å²) in [6.45, 7) is 6.03. The molecule has 0 bridgehead atoms. The van der Waals surface area contributed by atoms with Gasteiger partial charge in [-0.05, 0) is 13.5 Å². The van der Waals surface area contributed by atoms with Crippen molar-refractivity contribution in [3.8, 4) is 0 Å². The Morgan fingerprint density at radius 2 is 2.29 bits per heavy atom. The topological polar surface area (TPSA) is 88.3 Å². The highest BCUT2D eigenvalue weighted by Gasteiger charge is 2.30. The number of rotatable bonds is 5. The Kier molecular flexibility index (Phi) is 4.84. The van der Waals surface area contributed by atoms with Crippen LogP contribution < -0.4 is 0 Å². The molecule has 0 saturated carbocycles. The second-order valence-electron chi connectivity index (χ2n) is 6.40. The molecule has 3 heterocycles. The predicted octanol–water partition coefficient (Wildman–Crippen LogP) is 1.33. The molecule has 1 saturated heterocycles. The zero-order valence-corrected chi connectivity index (χ0v) is 14.2. The third-order valence-electron chi connectivity index (χ3n) is 4.22. The fraction of sp³-hybridized carbons (Fsp3) is 0.562. The summed E-state index contributed by atoms with van der Waals surface area (Å²) in [4.78, 5) is 28.8. The predicted molar refractivity (Wildman–Crippen MR) is 86.2 cm³/mol. The minimum atomic E-state index is -0.0688. The molecule has 0 radical (unpaired) electrons. The van der Waals surface area contributed by atoms with Crippen LogP contribution in [0.25, 0.3) is 0 Å². The van der Waals surface area contributed by atoms with Gasteiger partial charge in [-0.3, -0.25) is 14.7 Å². The number of hydrogen-bond donors (Lipinski definition) is 0. The Bertz CT molecular complexity index is 687. The molecule has 2 aromatic rings. The molecule has 1 aliphatic heterocycles.